The summed E-state index contributed by atoms with van der Waals surface area (Å²) in [5.74, 6) is 0. The van der Waals surface area contributed by atoms with E-state index in [0.717, 1.165) is 12.1 Å². The third kappa shape index (κ3) is 3.76. The molecule has 1 aromatic rings. The Balaban J connectivity index is 2.65. The third-order valence-corrected chi connectivity index (χ3v) is 1.79. The first kappa shape index (κ1) is 12.3. The van der Waals surface area contributed by atoms with Crippen LogP contribution in [0.4, 0.5) is 13.2 Å². The summed E-state index contributed by atoms with van der Waals surface area (Å²) in [7, 11) is 0. The van der Waals surface area contributed by atoms with Crippen molar-refractivity contribution in [2.45, 2.75) is 6.18 Å². The highest BCUT2D eigenvalue weighted by Gasteiger charge is 2.29. The molecule has 0 atom stereocenters. The maximum Gasteiger partial charge on any atom is 0.417 e. The van der Waals surface area contributed by atoms with Crippen molar-refractivity contribution in [3.05, 3.63) is 41.5 Å². The highest BCUT2D eigenvalue weighted by Crippen LogP contribution is 2.29. The third-order valence-electron chi connectivity index (χ3n) is 1.79. The number of hydrogen-bond acceptors (Lipinski definition) is 2. The minimum atomic E-state index is -4.32. The second-order valence-electron chi connectivity index (χ2n) is 2.92. The van der Waals surface area contributed by atoms with Gasteiger partial charge in [-0.2, -0.15) is 13.2 Å². The van der Waals surface area contributed by atoms with Gasteiger partial charge in [-0.3, -0.25) is 0 Å². The van der Waals surface area contributed by atoms with Gasteiger partial charge in [0.25, 0.3) is 0 Å². The van der Waals surface area contributed by atoms with Crippen molar-refractivity contribution < 1.29 is 22.7 Å². The molecule has 1 rings (SSSR count). The number of hydrogen-bond donors (Lipinski definition) is 0. The van der Waals surface area contributed by atoms with Crippen LogP contribution in [-0.4, -0.2) is 13.1 Å². The summed E-state index contributed by atoms with van der Waals surface area (Å²) >= 11 is 0. The molecule has 0 spiro atoms. The van der Waals surface area contributed by atoms with Crippen molar-refractivity contribution in [2.24, 2.45) is 0 Å². The standard InChI is InChI=1S/C11H8F3O2/c12-11(13,14)10-5-3-9(4-6-10)2-1-7-16-8-15/h1-6H,7H2/b2-1+. The Hall–Kier alpha value is -1.78. The van der Waals surface area contributed by atoms with E-state index in [-0.39, 0.29) is 6.61 Å². The molecule has 1 aromatic carbocycles. The molecule has 0 fully saturated rings. The van der Waals surface area contributed by atoms with Gasteiger partial charge in [-0.25, -0.2) is 4.79 Å². The van der Waals surface area contributed by atoms with Gasteiger partial charge in [-0.05, 0) is 23.8 Å². The Morgan fingerprint density at radius 1 is 1.25 bits per heavy atom. The van der Waals surface area contributed by atoms with E-state index in [2.05, 4.69) is 4.74 Å². The van der Waals surface area contributed by atoms with Crippen LogP contribution in [0.1, 0.15) is 11.1 Å². The SMILES string of the molecule is O=[C]OC/C=C/c1ccc(C(F)(F)F)cc1. The Morgan fingerprint density at radius 2 is 1.88 bits per heavy atom. The Bertz CT molecular complexity index is 366. The van der Waals surface area contributed by atoms with Crippen LogP contribution in [0.25, 0.3) is 6.08 Å². The fraction of sp³-hybridized carbons (Fsp3) is 0.182. The van der Waals surface area contributed by atoms with Crippen LogP contribution >= 0.6 is 0 Å². The van der Waals surface area contributed by atoms with Crippen molar-refractivity contribution >= 4 is 12.5 Å². The molecular formula is C11H8F3O2. The molecule has 0 bridgehead atoms. The lowest BCUT2D eigenvalue weighted by Gasteiger charge is -2.05. The molecule has 16 heavy (non-hydrogen) atoms. The summed E-state index contributed by atoms with van der Waals surface area (Å²) in [6.07, 6.45) is -1.26. The van der Waals surface area contributed by atoms with Gasteiger partial charge < -0.3 is 4.74 Å². The summed E-state index contributed by atoms with van der Waals surface area (Å²) in [5, 5.41) is 0. The van der Waals surface area contributed by atoms with E-state index in [1.807, 2.05) is 0 Å². The van der Waals surface area contributed by atoms with Crippen LogP contribution in [0.5, 0.6) is 0 Å². The quantitative estimate of drug-likeness (QED) is 0.742. The van der Waals surface area contributed by atoms with Gasteiger partial charge in [0.1, 0.15) is 6.61 Å². The maximum atomic E-state index is 12.2. The molecule has 85 valence electrons. The average Bonchev–Trinajstić information content (AvgIpc) is 2.24. The summed E-state index contributed by atoms with van der Waals surface area (Å²) in [4.78, 5) is 9.67. The molecule has 5 heteroatoms. The van der Waals surface area contributed by atoms with E-state index in [1.165, 1.54) is 24.7 Å². The predicted octanol–water partition coefficient (Wildman–Crippen LogP) is 2.80. The normalized spacial score (nSPS) is 11.7. The first-order chi connectivity index (χ1) is 7.54. The topological polar surface area (TPSA) is 26.3 Å². The molecule has 0 unspecified atom stereocenters. The molecule has 0 aliphatic carbocycles. The van der Waals surface area contributed by atoms with Gasteiger partial charge in [0.15, 0.2) is 0 Å². The molecule has 0 aliphatic heterocycles. The fourth-order valence-corrected chi connectivity index (χ4v) is 1.05. The Kier molecular flexibility index (Phi) is 4.10. The molecule has 0 saturated heterocycles. The van der Waals surface area contributed by atoms with E-state index in [0.29, 0.717) is 5.56 Å². The molecule has 0 amide bonds. The summed E-state index contributed by atoms with van der Waals surface area (Å²) in [6.45, 7) is 1.28. The average molecular weight is 229 g/mol. The molecule has 0 aromatic heterocycles. The number of carbonyl (C=O) groups excluding carboxylic acids is 1. The second kappa shape index (κ2) is 5.34. The van der Waals surface area contributed by atoms with E-state index < -0.39 is 11.7 Å². The molecule has 0 N–H and O–H groups in total. The van der Waals surface area contributed by atoms with Gasteiger partial charge in [0, 0.05) is 0 Å². The van der Waals surface area contributed by atoms with E-state index >= 15 is 0 Å². The second-order valence-corrected chi connectivity index (χ2v) is 2.92. The Labute approximate surface area is 90.3 Å². The van der Waals surface area contributed by atoms with Crippen molar-refractivity contribution in [3.8, 4) is 0 Å². The highest BCUT2D eigenvalue weighted by molar-refractivity contribution is 5.50. The number of ether oxygens (including phenoxy) is 1. The molecule has 0 saturated carbocycles. The smallest absolute Gasteiger partial charge is 0.417 e. The number of halogens is 3. The van der Waals surface area contributed by atoms with Gasteiger partial charge in [-0.1, -0.05) is 18.2 Å². The van der Waals surface area contributed by atoms with Gasteiger partial charge in [-0.15, -0.1) is 0 Å². The van der Waals surface area contributed by atoms with Crippen LogP contribution < -0.4 is 0 Å². The zero-order chi connectivity index (χ0) is 12.0. The highest BCUT2D eigenvalue weighted by atomic mass is 19.4. The molecule has 1 radical (unpaired) electrons. The molecule has 0 aliphatic rings. The van der Waals surface area contributed by atoms with Crippen molar-refractivity contribution in [1.29, 1.82) is 0 Å². The van der Waals surface area contributed by atoms with Crippen LogP contribution in [-0.2, 0) is 15.7 Å². The van der Waals surface area contributed by atoms with Crippen LogP contribution in [0.15, 0.2) is 30.3 Å². The predicted molar refractivity (Wildman–Crippen MR) is 52.1 cm³/mol. The summed E-state index contributed by atoms with van der Waals surface area (Å²) < 4.78 is 40.8. The lowest BCUT2D eigenvalue weighted by Crippen LogP contribution is -2.03. The minimum Gasteiger partial charge on any atom is -0.453 e. The van der Waals surface area contributed by atoms with Crippen LogP contribution in [0.3, 0.4) is 0 Å². The molecule has 0 heterocycles. The lowest BCUT2D eigenvalue weighted by molar-refractivity contribution is -0.137. The largest absolute Gasteiger partial charge is 0.453 e. The zero-order valence-corrected chi connectivity index (χ0v) is 8.12. The fourth-order valence-electron chi connectivity index (χ4n) is 1.05. The van der Waals surface area contributed by atoms with Gasteiger partial charge in [0.05, 0.1) is 5.56 Å². The summed E-state index contributed by atoms with van der Waals surface area (Å²) in [5.41, 5.74) is -0.0929. The molecule has 2 nitrogen and oxygen atoms in total. The lowest BCUT2D eigenvalue weighted by atomic mass is 10.1. The monoisotopic (exact) mass is 229 g/mol. The van der Waals surface area contributed by atoms with Gasteiger partial charge >= 0.3 is 12.6 Å². The minimum absolute atomic E-state index is 0.0462. The Morgan fingerprint density at radius 3 is 2.38 bits per heavy atom. The summed E-state index contributed by atoms with van der Waals surface area (Å²) in [6, 6.07) is 4.66. The van der Waals surface area contributed by atoms with E-state index in [4.69, 9.17) is 0 Å². The van der Waals surface area contributed by atoms with Crippen molar-refractivity contribution in [2.75, 3.05) is 6.61 Å². The van der Waals surface area contributed by atoms with Crippen molar-refractivity contribution in [3.63, 3.8) is 0 Å². The van der Waals surface area contributed by atoms with E-state index in [1.54, 1.807) is 6.08 Å². The molecular weight excluding hydrogens is 221 g/mol. The van der Waals surface area contributed by atoms with Gasteiger partial charge in [0.2, 0.25) is 0 Å². The van der Waals surface area contributed by atoms with Crippen LogP contribution in [0.2, 0.25) is 0 Å². The maximum absolute atomic E-state index is 12.2. The first-order valence-electron chi connectivity index (χ1n) is 4.37. The van der Waals surface area contributed by atoms with Crippen LogP contribution in [0, 0.1) is 0 Å². The zero-order valence-electron chi connectivity index (χ0n) is 8.12. The van der Waals surface area contributed by atoms with E-state index in [9.17, 15) is 18.0 Å². The van der Waals surface area contributed by atoms with Crippen molar-refractivity contribution in [1.82, 2.24) is 0 Å². The number of rotatable bonds is 4. The number of alkyl halides is 3. The first-order valence-corrected chi connectivity index (χ1v) is 4.37. The number of benzene rings is 1.